The molecule has 0 atom stereocenters. The SMILES string of the molecule is NC(=O)c1ccc(Cl)c(N=C=O)c1. The fourth-order valence-electron chi connectivity index (χ4n) is 0.801. The molecule has 0 saturated heterocycles. The maximum atomic E-state index is 10.7. The lowest BCUT2D eigenvalue weighted by Crippen LogP contribution is -2.10. The molecule has 1 aromatic rings. The second-order valence-electron chi connectivity index (χ2n) is 2.23. The van der Waals surface area contributed by atoms with E-state index >= 15 is 0 Å². The molecule has 0 spiro atoms. The molecule has 0 aliphatic rings. The molecule has 66 valence electrons. The third-order valence-electron chi connectivity index (χ3n) is 1.40. The van der Waals surface area contributed by atoms with Crippen LogP contribution in [0.4, 0.5) is 5.69 Å². The van der Waals surface area contributed by atoms with Gasteiger partial charge in [-0.1, -0.05) is 11.6 Å². The summed E-state index contributed by atoms with van der Waals surface area (Å²) >= 11 is 5.65. The normalized spacial score (nSPS) is 9.00. The van der Waals surface area contributed by atoms with Gasteiger partial charge in [0.15, 0.2) is 0 Å². The average molecular weight is 197 g/mol. The zero-order valence-electron chi connectivity index (χ0n) is 6.45. The molecule has 1 aromatic carbocycles. The molecule has 13 heavy (non-hydrogen) atoms. The van der Waals surface area contributed by atoms with Crippen LogP contribution in [0.25, 0.3) is 0 Å². The van der Waals surface area contributed by atoms with Crippen molar-refractivity contribution in [3.05, 3.63) is 28.8 Å². The predicted octanol–water partition coefficient (Wildman–Crippen LogP) is 1.41. The lowest BCUT2D eigenvalue weighted by Gasteiger charge is -1.98. The van der Waals surface area contributed by atoms with Crippen LogP contribution in [0.1, 0.15) is 10.4 Å². The van der Waals surface area contributed by atoms with Gasteiger partial charge < -0.3 is 5.73 Å². The highest BCUT2D eigenvalue weighted by molar-refractivity contribution is 6.33. The Morgan fingerprint density at radius 1 is 1.54 bits per heavy atom. The Morgan fingerprint density at radius 2 is 2.23 bits per heavy atom. The van der Waals surface area contributed by atoms with E-state index in [-0.39, 0.29) is 16.3 Å². The minimum Gasteiger partial charge on any atom is -0.366 e. The number of hydrogen-bond acceptors (Lipinski definition) is 3. The Balaban J connectivity index is 3.26. The van der Waals surface area contributed by atoms with Gasteiger partial charge in [-0.25, -0.2) is 4.79 Å². The number of nitrogens with two attached hydrogens (primary N) is 1. The molecule has 0 saturated carbocycles. The van der Waals surface area contributed by atoms with E-state index in [1.54, 1.807) is 0 Å². The molecule has 0 aliphatic heterocycles. The monoisotopic (exact) mass is 196 g/mol. The summed E-state index contributed by atoms with van der Waals surface area (Å²) in [6.45, 7) is 0. The van der Waals surface area contributed by atoms with Gasteiger partial charge in [0.05, 0.1) is 10.7 Å². The first kappa shape index (κ1) is 9.45. The number of rotatable bonds is 2. The van der Waals surface area contributed by atoms with E-state index in [0.29, 0.717) is 0 Å². The van der Waals surface area contributed by atoms with Gasteiger partial charge in [-0.05, 0) is 18.2 Å². The van der Waals surface area contributed by atoms with E-state index in [0.717, 1.165) is 0 Å². The molecular weight excluding hydrogens is 192 g/mol. The second kappa shape index (κ2) is 3.85. The van der Waals surface area contributed by atoms with Crippen molar-refractivity contribution in [2.45, 2.75) is 0 Å². The highest BCUT2D eigenvalue weighted by Gasteiger charge is 2.04. The molecule has 1 rings (SSSR count). The van der Waals surface area contributed by atoms with E-state index in [2.05, 4.69) is 4.99 Å². The van der Waals surface area contributed by atoms with Gasteiger partial charge >= 0.3 is 0 Å². The van der Waals surface area contributed by atoms with Crippen molar-refractivity contribution in [1.82, 2.24) is 0 Å². The number of isocyanates is 1. The largest absolute Gasteiger partial charge is 0.366 e. The first-order chi connectivity index (χ1) is 6.15. The third-order valence-corrected chi connectivity index (χ3v) is 1.72. The number of primary amides is 1. The number of carbonyl (C=O) groups is 1. The zero-order chi connectivity index (χ0) is 9.84. The Hall–Kier alpha value is -1.64. The van der Waals surface area contributed by atoms with Crippen LogP contribution in [0, 0.1) is 0 Å². The van der Waals surface area contributed by atoms with Crippen LogP contribution in [0.5, 0.6) is 0 Å². The van der Waals surface area contributed by atoms with E-state index in [9.17, 15) is 9.59 Å². The topological polar surface area (TPSA) is 72.5 Å². The maximum absolute atomic E-state index is 10.7. The first-order valence-corrected chi connectivity index (χ1v) is 3.70. The number of hydrogen-bond donors (Lipinski definition) is 1. The van der Waals surface area contributed by atoms with Crippen molar-refractivity contribution in [3.63, 3.8) is 0 Å². The van der Waals surface area contributed by atoms with Crippen LogP contribution in [0.3, 0.4) is 0 Å². The number of carbonyl (C=O) groups excluding carboxylic acids is 2. The number of halogens is 1. The van der Waals surface area contributed by atoms with Crippen LogP contribution in [0.15, 0.2) is 23.2 Å². The van der Waals surface area contributed by atoms with Gasteiger partial charge in [0.2, 0.25) is 12.0 Å². The van der Waals surface area contributed by atoms with Crippen LogP contribution in [0.2, 0.25) is 5.02 Å². The van der Waals surface area contributed by atoms with Crippen molar-refractivity contribution in [2.24, 2.45) is 10.7 Å². The molecule has 2 N–H and O–H groups in total. The molecular formula is C8H5ClN2O2. The molecule has 0 heterocycles. The Bertz CT molecular complexity index is 397. The lowest BCUT2D eigenvalue weighted by molar-refractivity contribution is 0.100. The Morgan fingerprint density at radius 3 is 2.77 bits per heavy atom. The fraction of sp³-hybridized carbons (Fsp3) is 0. The van der Waals surface area contributed by atoms with Gasteiger partial charge in [-0.3, -0.25) is 4.79 Å². The number of amides is 1. The molecule has 0 radical (unpaired) electrons. The lowest BCUT2D eigenvalue weighted by atomic mass is 10.2. The average Bonchev–Trinajstić information content (AvgIpc) is 2.08. The van der Waals surface area contributed by atoms with E-state index in [1.165, 1.54) is 24.3 Å². The molecule has 0 unspecified atom stereocenters. The van der Waals surface area contributed by atoms with Crippen LogP contribution >= 0.6 is 11.6 Å². The van der Waals surface area contributed by atoms with Gasteiger partial charge in [0.25, 0.3) is 0 Å². The summed E-state index contributed by atoms with van der Waals surface area (Å²) in [5.41, 5.74) is 5.44. The molecule has 5 heteroatoms. The van der Waals surface area contributed by atoms with Gasteiger partial charge in [-0.2, -0.15) is 4.99 Å². The molecule has 0 fully saturated rings. The standard InChI is InChI=1S/C8H5ClN2O2/c9-6-2-1-5(8(10)13)3-7(6)11-4-12/h1-3H,(H2,10,13). The molecule has 0 bridgehead atoms. The highest BCUT2D eigenvalue weighted by atomic mass is 35.5. The summed E-state index contributed by atoms with van der Waals surface area (Å²) < 4.78 is 0. The third kappa shape index (κ3) is 2.15. The summed E-state index contributed by atoms with van der Waals surface area (Å²) in [6, 6.07) is 4.22. The van der Waals surface area contributed by atoms with E-state index < -0.39 is 5.91 Å². The minimum atomic E-state index is -0.598. The summed E-state index contributed by atoms with van der Waals surface area (Å²) in [5, 5.41) is 0.272. The van der Waals surface area contributed by atoms with Crippen molar-refractivity contribution in [2.75, 3.05) is 0 Å². The van der Waals surface area contributed by atoms with Gasteiger partial charge in [0.1, 0.15) is 0 Å². The van der Waals surface area contributed by atoms with Crippen molar-refractivity contribution in [1.29, 1.82) is 0 Å². The molecule has 0 aliphatic carbocycles. The number of aliphatic imine (C=N–C) groups is 1. The van der Waals surface area contributed by atoms with Crippen LogP contribution in [-0.4, -0.2) is 12.0 Å². The van der Waals surface area contributed by atoms with Crippen molar-refractivity contribution >= 4 is 29.3 Å². The van der Waals surface area contributed by atoms with E-state index in [4.69, 9.17) is 17.3 Å². The van der Waals surface area contributed by atoms with Gasteiger partial charge in [0, 0.05) is 5.56 Å². The minimum absolute atomic E-state index is 0.188. The maximum Gasteiger partial charge on any atom is 0.248 e. The zero-order valence-corrected chi connectivity index (χ0v) is 7.21. The fourth-order valence-corrected chi connectivity index (χ4v) is 0.961. The quantitative estimate of drug-likeness (QED) is 0.574. The summed E-state index contributed by atoms with van der Waals surface area (Å²) in [4.78, 5) is 24.0. The molecule has 0 aromatic heterocycles. The van der Waals surface area contributed by atoms with Crippen LogP contribution in [-0.2, 0) is 4.79 Å². The summed E-state index contributed by atoms with van der Waals surface area (Å²) in [5.74, 6) is -0.598. The van der Waals surface area contributed by atoms with Gasteiger partial charge in [-0.15, -0.1) is 0 Å². The molecule has 1 amide bonds. The number of benzene rings is 1. The smallest absolute Gasteiger partial charge is 0.248 e. The second-order valence-corrected chi connectivity index (χ2v) is 2.64. The number of nitrogens with zero attached hydrogens (tertiary/aromatic N) is 1. The molecule has 4 nitrogen and oxygen atoms in total. The predicted molar refractivity (Wildman–Crippen MR) is 47.8 cm³/mol. The van der Waals surface area contributed by atoms with E-state index in [1.807, 2.05) is 0 Å². The Kier molecular flexibility index (Phi) is 2.80. The first-order valence-electron chi connectivity index (χ1n) is 3.32. The van der Waals surface area contributed by atoms with Crippen LogP contribution < -0.4 is 5.73 Å². The summed E-state index contributed by atoms with van der Waals surface area (Å²) in [7, 11) is 0. The van der Waals surface area contributed by atoms with Crippen molar-refractivity contribution < 1.29 is 9.59 Å². The van der Waals surface area contributed by atoms with Crippen molar-refractivity contribution in [3.8, 4) is 0 Å². The summed E-state index contributed by atoms with van der Waals surface area (Å²) in [6.07, 6.45) is 1.33. The Labute approximate surface area is 79.0 Å². The highest BCUT2D eigenvalue weighted by Crippen LogP contribution is 2.25.